The van der Waals surface area contributed by atoms with Crippen molar-refractivity contribution in [3.05, 3.63) is 70.5 Å². The van der Waals surface area contributed by atoms with Crippen molar-refractivity contribution in [3.8, 4) is 0 Å². The summed E-state index contributed by atoms with van der Waals surface area (Å²) < 4.78 is 20.5. The largest absolute Gasteiger partial charge is 0.449 e. The molecule has 2 aromatic carbocycles. The summed E-state index contributed by atoms with van der Waals surface area (Å²) in [5.41, 5.74) is 1.80. The SMILES string of the molecule is CNC(=O)C(CCC=O)N1Cc2ccc(CNC(=O)OCC3CC(c4ccccc4)C3)c(F)c2C1=O. The number of benzene rings is 2. The molecule has 1 unspecified atom stereocenters. The van der Waals surface area contributed by atoms with Gasteiger partial charge in [-0.3, -0.25) is 9.59 Å². The fourth-order valence-corrected chi connectivity index (χ4v) is 4.91. The van der Waals surface area contributed by atoms with Gasteiger partial charge in [0.25, 0.3) is 5.91 Å². The van der Waals surface area contributed by atoms with Crippen molar-refractivity contribution in [2.24, 2.45) is 5.92 Å². The molecule has 0 spiro atoms. The zero-order valence-electron chi connectivity index (χ0n) is 20.2. The van der Waals surface area contributed by atoms with Gasteiger partial charge < -0.3 is 25.1 Å². The maximum atomic E-state index is 15.2. The number of halogens is 1. The number of aldehydes is 1. The van der Waals surface area contributed by atoms with E-state index in [1.807, 2.05) is 18.2 Å². The molecule has 8 nitrogen and oxygen atoms in total. The van der Waals surface area contributed by atoms with Crippen LogP contribution in [0.15, 0.2) is 42.5 Å². The van der Waals surface area contributed by atoms with Crippen LogP contribution < -0.4 is 10.6 Å². The topological polar surface area (TPSA) is 105 Å². The summed E-state index contributed by atoms with van der Waals surface area (Å²) in [4.78, 5) is 49.5. The molecule has 190 valence electrons. The molecule has 3 amide bonds. The van der Waals surface area contributed by atoms with Crippen molar-refractivity contribution in [1.29, 1.82) is 0 Å². The minimum Gasteiger partial charge on any atom is -0.449 e. The average Bonchev–Trinajstić information content (AvgIpc) is 3.20. The van der Waals surface area contributed by atoms with Crippen molar-refractivity contribution < 1.29 is 28.3 Å². The third-order valence-corrected chi connectivity index (χ3v) is 6.99. The Kier molecular flexibility index (Phi) is 7.97. The van der Waals surface area contributed by atoms with Crippen LogP contribution in [0.3, 0.4) is 0 Å². The Labute approximate surface area is 209 Å². The van der Waals surface area contributed by atoms with E-state index in [4.69, 9.17) is 4.74 Å². The second-order valence-corrected chi connectivity index (χ2v) is 9.28. The zero-order valence-corrected chi connectivity index (χ0v) is 20.2. The molecule has 1 atom stereocenters. The van der Waals surface area contributed by atoms with Gasteiger partial charge >= 0.3 is 6.09 Å². The van der Waals surface area contributed by atoms with Crippen LogP contribution in [0.4, 0.5) is 9.18 Å². The first-order valence-corrected chi connectivity index (χ1v) is 12.1. The monoisotopic (exact) mass is 495 g/mol. The molecule has 1 fully saturated rings. The van der Waals surface area contributed by atoms with Gasteiger partial charge in [-0.05, 0) is 42.2 Å². The fourth-order valence-electron chi connectivity index (χ4n) is 4.91. The average molecular weight is 496 g/mol. The molecule has 1 aliphatic carbocycles. The van der Waals surface area contributed by atoms with Crippen molar-refractivity contribution in [3.63, 3.8) is 0 Å². The lowest BCUT2D eigenvalue weighted by atomic mass is 9.72. The third-order valence-electron chi connectivity index (χ3n) is 6.99. The van der Waals surface area contributed by atoms with E-state index in [0.29, 0.717) is 30.3 Å². The predicted molar refractivity (Wildman–Crippen MR) is 130 cm³/mol. The van der Waals surface area contributed by atoms with Crippen LogP contribution in [-0.2, 0) is 27.4 Å². The lowest BCUT2D eigenvalue weighted by Crippen LogP contribution is -2.46. The van der Waals surface area contributed by atoms with Gasteiger partial charge in [0.1, 0.15) is 18.1 Å². The van der Waals surface area contributed by atoms with Crippen molar-refractivity contribution >= 4 is 24.2 Å². The number of likely N-dealkylation sites (N-methyl/N-ethyl adjacent to an activating group) is 1. The van der Waals surface area contributed by atoms with Gasteiger partial charge in [-0.25, -0.2) is 9.18 Å². The quantitative estimate of drug-likeness (QED) is 0.492. The lowest BCUT2D eigenvalue weighted by Gasteiger charge is -2.35. The first kappa shape index (κ1) is 25.3. The first-order chi connectivity index (χ1) is 17.4. The maximum Gasteiger partial charge on any atom is 0.407 e. The van der Waals surface area contributed by atoms with Gasteiger partial charge in [0, 0.05) is 32.1 Å². The summed E-state index contributed by atoms with van der Waals surface area (Å²) in [5.74, 6) is -0.958. The van der Waals surface area contributed by atoms with Crippen molar-refractivity contribution in [1.82, 2.24) is 15.5 Å². The van der Waals surface area contributed by atoms with Crippen LogP contribution in [0.25, 0.3) is 0 Å². The number of carbonyl (C=O) groups excluding carboxylic acids is 4. The first-order valence-electron chi connectivity index (χ1n) is 12.1. The van der Waals surface area contributed by atoms with Gasteiger partial charge in [0.2, 0.25) is 5.91 Å². The number of rotatable bonds is 10. The molecule has 2 aliphatic rings. The molecule has 4 rings (SSSR count). The van der Waals surface area contributed by atoms with E-state index in [0.717, 1.165) is 12.8 Å². The highest BCUT2D eigenvalue weighted by atomic mass is 19.1. The highest BCUT2D eigenvalue weighted by Gasteiger charge is 2.38. The number of hydrogen-bond acceptors (Lipinski definition) is 5. The number of amides is 3. The van der Waals surface area contributed by atoms with Crippen LogP contribution in [0, 0.1) is 11.7 Å². The number of nitrogens with zero attached hydrogens (tertiary/aromatic N) is 1. The number of nitrogens with one attached hydrogen (secondary N) is 2. The third kappa shape index (κ3) is 5.40. The van der Waals surface area contributed by atoms with Crippen LogP contribution in [0.5, 0.6) is 0 Å². The van der Waals surface area contributed by atoms with Gasteiger partial charge in [-0.15, -0.1) is 0 Å². The number of hydrogen-bond donors (Lipinski definition) is 2. The lowest BCUT2D eigenvalue weighted by molar-refractivity contribution is -0.125. The van der Waals surface area contributed by atoms with Gasteiger partial charge in [0.15, 0.2) is 0 Å². The summed E-state index contributed by atoms with van der Waals surface area (Å²) in [6.45, 7) is 0.243. The molecular formula is C27H30FN3O5. The predicted octanol–water partition coefficient (Wildman–Crippen LogP) is 3.30. The molecule has 1 saturated carbocycles. The minimum absolute atomic E-state index is 0.0726. The fraction of sp³-hybridized carbons (Fsp3) is 0.407. The van der Waals surface area contributed by atoms with Crippen LogP contribution in [0.1, 0.15) is 58.6 Å². The Morgan fingerprint density at radius 3 is 2.64 bits per heavy atom. The van der Waals surface area contributed by atoms with Crippen molar-refractivity contribution in [2.75, 3.05) is 13.7 Å². The molecule has 2 aromatic rings. The van der Waals surface area contributed by atoms with E-state index in [2.05, 4.69) is 22.8 Å². The highest BCUT2D eigenvalue weighted by Crippen LogP contribution is 2.41. The summed E-state index contributed by atoms with van der Waals surface area (Å²) >= 11 is 0. The second-order valence-electron chi connectivity index (χ2n) is 9.28. The minimum atomic E-state index is -0.871. The van der Waals surface area contributed by atoms with E-state index >= 15 is 4.39 Å². The molecule has 1 heterocycles. The molecule has 36 heavy (non-hydrogen) atoms. The normalized spacial score (nSPS) is 19.2. The molecule has 0 bridgehead atoms. The smallest absolute Gasteiger partial charge is 0.407 e. The Morgan fingerprint density at radius 2 is 1.94 bits per heavy atom. The Bertz CT molecular complexity index is 1130. The summed E-state index contributed by atoms with van der Waals surface area (Å²) in [5, 5.41) is 5.04. The Morgan fingerprint density at radius 1 is 1.19 bits per heavy atom. The highest BCUT2D eigenvalue weighted by molar-refractivity contribution is 6.01. The molecular weight excluding hydrogens is 465 g/mol. The maximum absolute atomic E-state index is 15.2. The molecule has 1 aliphatic heterocycles. The van der Waals surface area contributed by atoms with E-state index in [-0.39, 0.29) is 37.1 Å². The molecule has 9 heteroatoms. The molecule has 2 N–H and O–H groups in total. The van der Waals surface area contributed by atoms with Crippen LogP contribution >= 0.6 is 0 Å². The van der Waals surface area contributed by atoms with Gasteiger partial charge in [-0.1, -0.05) is 42.5 Å². The summed E-state index contributed by atoms with van der Waals surface area (Å²) in [6, 6.07) is 12.5. The molecule has 0 saturated heterocycles. The van der Waals surface area contributed by atoms with Crippen molar-refractivity contribution in [2.45, 2.75) is 50.7 Å². The Balaban J connectivity index is 1.30. The summed E-state index contributed by atoms with van der Waals surface area (Å²) in [6.07, 6.45) is 2.21. The van der Waals surface area contributed by atoms with E-state index in [1.165, 1.54) is 23.6 Å². The van der Waals surface area contributed by atoms with Gasteiger partial charge in [-0.2, -0.15) is 0 Å². The van der Waals surface area contributed by atoms with E-state index in [9.17, 15) is 19.2 Å². The van der Waals surface area contributed by atoms with Crippen LogP contribution in [0.2, 0.25) is 0 Å². The number of alkyl carbamates (subject to hydrolysis) is 1. The molecule has 0 aromatic heterocycles. The van der Waals surface area contributed by atoms with Crippen LogP contribution in [-0.4, -0.2) is 48.8 Å². The zero-order chi connectivity index (χ0) is 25.7. The van der Waals surface area contributed by atoms with E-state index < -0.39 is 29.8 Å². The Hall–Kier alpha value is -3.75. The standard InChI is InChI=1S/C27H30FN3O5/c1-29-25(33)22(8-5-11-32)31-15-20-10-9-19(24(28)23(20)26(31)34)14-30-27(35)36-16-17-12-21(13-17)18-6-3-2-4-7-18/h2-4,6-7,9-11,17,21-22H,5,8,12-16H2,1H3,(H,29,33)(H,30,35). The number of fused-ring (bicyclic) bond motifs is 1. The molecule has 0 radical (unpaired) electrons. The summed E-state index contributed by atoms with van der Waals surface area (Å²) in [7, 11) is 1.44. The van der Waals surface area contributed by atoms with Gasteiger partial charge in [0.05, 0.1) is 12.2 Å². The van der Waals surface area contributed by atoms with E-state index in [1.54, 1.807) is 6.07 Å². The number of ether oxygens (including phenoxy) is 1. The second kappa shape index (κ2) is 11.3. The number of carbonyl (C=O) groups is 4.